The van der Waals surface area contributed by atoms with Gasteiger partial charge < -0.3 is 19.4 Å². The van der Waals surface area contributed by atoms with E-state index in [-0.39, 0.29) is 50.6 Å². The molecule has 0 aromatic heterocycles. The third kappa shape index (κ3) is 4.08. The van der Waals surface area contributed by atoms with E-state index in [0.717, 1.165) is 17.0 Å². The summed E-state index contributed by atoms with van der Waals surface area (Å²) in [5, 5.41) is 0. The van der Waals surface area contributed by atoms with Crippen LogP contribution in [0, 0.1) is 5.82 Å². The predicted octanol–water partition coefficient (Wildman–Crippen LogP) is 1.70. The van der Waals surface area contributed by atoms with Gasteiger partial charge in [-0.25, -0.2) is 4.39 Å². The molecule has 0 bridgehead atoms. The summed E-state index contributed by atoms with van der Waals surface area (Å²) in [7, 11) is 3.56. The van der Waals surface area contributed by atoms with Gasteiger partial charge in [0.05, 0.1) is 18.7 Å². The van der Waals surface area contributed by atoms with Crippen molar-refractivity contribution in [2.24, 2.45) is 0 Å². The van der Waals surface area contributed by atoms with E-state index in [1.165, 1.54) is 12.1 Å². The lowest BCUT2D eigenvalue weighted by molar-refractivity contribution is -0.292. The van der Waals surface area contributed by atoms with Crippen LogP contribution in [0.3, 0.4) is 0 Å². The van der Waals surface area contributed by atoms with Crippen molar-refractivity contribution in [3.8, 4) is 0 Å². The van der Waals surface area contributed by atoms with Gasteiger partial charge >= 0.3 is 12.0 Å². The first-order valence-electron chi connectivity index (χ1n) is 8.70. The number of rotatable bonds is 3. The molecule has 2 saturated heterocycles. The number of ether oxygens (including phenoxy) is 1. The van der Waals surface area contributed by atoms with Gasteiger partial charge in [0, 0.05) is 18.8 Å². The maximum absolute atomic E-state index is 14.3. The van der Waals surface area contributed by atoms with Crippen LogP contribution in [-0.2, 0) is 14.3 Å². The highest BCUT2D eigenvalue weighted by atomic mass is 19.3. The highest BCUT2D eigenvalue weighted by molar-refractivity contribution is 5.98. The van der Waals surface area contributed by atoms with Gasteiger partial charge in [0.15, 0.2) is 0 Å². The fourth-order valence-corrected chi connectivity index (χ4v) is 3.49. The zero-order chi connectivity index (χ0) is 19.8. The Morgan fingerprint density at radius 2 is 1.78 bits per heavy atom. The van der Waals surface area contributed by atoms with Crippen molar-refractivity contribution in [1.82, 2.24) is 9.80 Å². The molecule has 0 unspecified atom stereocenters. The molecule has 0 radical (unpaired) electrons. The molecule has 1 aromatic rings. The predicted molar refractivity (Wildman–Crippen MR) is 91.9 cm³/mol. The van der Waals surface area contributed by atoms with Gasteiger partial charge in [0.25, 0.3) is 0 Å². The molecule has 0 N–H and O–H groups in total. The van der Waals surface area contributed by atoms with E-state index >= 15 is 0 Å². The molecular formula is C18H22F3N3O3. The Hall–Kier alpha value is -2.13. The molecule has 0 saturated carbocycles. The van der Waals surface area contributed by atoms with Gasteiger partial charge in [-0.15, -0.1) is 0 Å². The van der Waals surface area contributed by atoms with E-state index in [1.807, 2.05) is 0 Å². The molecule has 0 aliphatic carbocycles. The summed E-state index contributed by atoms with van der Waals surface area (Å²) in [4.78, 5) is 28.6. The van der Waals surface area contributed by atoms with Gasteiger partial charge in [0.2, 0.25) is 5.91 Å². The minimum atomic E-state index is -3.97. The van der Waals surface area contributed by atoms with Crippen molar-refractivity contribution in [3.05, 3.63) is 30.1 Å². The topological polar surface area (TPSA) is 53.1 Å². The number of halogens is 3. The molecule has 0 atom stereocenters. The lowest BCUT2D eigenvalue weighted by Gasteiger charge is -2.48. The van der Waals surface area contributed by atoms with Gasteiger partial charge in [-0.1, -0.05) is 0 Å². The summed E-state index contributed by atoms with van der Waals surface area (Å²) in [6.07, 6.45) is -3.60. The Morgan fingerprint density at radius 3 is 2.33 bits per heavy atom. The first-order chi connectivity index (χ1) is 12.6. The minimum Gasteiger partial charge on any atom is -0.341 e. The number of morpholine rings is 1. The van der Waals surface area contributed by atoms with Crippen molar-refractivity contribution >= 4 is 17.5 Å². The Morgan fingerprint density at radius 1 is 1.19 bits per heavy atom. The van der Waals surface area contributed by atoms with Crippen LogP contribution in [0.5, 0.6) is 0 Å². The summed E-state index contributed by atoms with van der Waals surface area (Å²) < 4.78 is 46.7. The van der Waals surface area contributed by atoms with E-state index < -0.39 is 23.4 Å². The number of benzene rings is 1. The van der Waals surface area contributed by atoms with Crippen molar-refractivity contribution < 1.29 is 27.5 Å². The standard InChI is InChI=1S/C18H22F3N3O3/c1-22(2)11-15(25)23-9-7-17(8-10-23)12-24(16(26)18(20,21)27-17)14-5-3-13(19)4-6-14/h3-6H,7-12H2,1-2H3. The highest BCUT2D eigenvalue weighted by Gasteiger charge is 2.57. The molecule has 2 aliphatic rings. The molecule has 6 nitrogen and oxygen atoms in total. The lowest BCUT2D eigenvalue weighted by atomic mass is 9.88. The van der Waals surface area contributed by atoms with Gasteiger partial charge in [0.1, 0.15) is 5.82 Å². The molecule has 2 amide bonds. The number of nitrogens with zero attached hydrogens (tertiary/aromatic N) is 3. The number of alkyl halides is 2. The monoisotopic (exact) mass is 385 g/mol. The number of hydrogen-bond acceptors (Lipinski definition) is 4. The van der Waals surface area contributed by atoms with E-state index in [9.17, 15) is 22.8 Å². The normalized spacial score (nSPS) is 21.8. The maximum Gasteiger partial charge on any atom is 0.437 e. The van der Waals surface area contributed by atoms with Crippen LogP contribution in [0.2, 0.25) is 0 Å². The third-order valence-corrected chi connectivity index (χ3v) is 4.90. The van der Waals surface area contributed by atoms with E-state index in [2.05, 4.69) is 0 Å². The third-order valence-electron chi connectivity index (χ3n) is 4.90. The Bertz CT molecular complexity index is 716. The second-order valence-corrected chi connectivity index (χ2v) is 7.29. The van der Waals surface area contributed by atoms with Gasteiger partial charge in [-0.2, -0.15) is 8.78 Å². The Labute approximate surface area is 155 Å². The quantitative estimate of drug-likeness (QED) is 0.795. The molecule has 27 heavy (non-hydrogen) atoms. The summed E-state index contributed by atoms with van der Waals surface area (Å²) in [5.41, 5.74) is -1.06. The number of carbonyl (C=O) groups is 2. The van der Waals surface area contributed by atoms with Crippen LogP contribution < -0.4 is 4.90 Å². The Balaban J connectivity index is 1.77. The van der Waals surface area contributed by atoms with Crippen LogP contribution in [-0.4, -0.2) is 73.6 Å². The first kappa shape index (κ1) is 19.6. The van der Waals surface area contributed by atoms with Crippen LogP contribution in [0.1, 0.15) is 12.8 Å². The van der Waals surface area contributed by atoms with Gasteiger partial charge in [-0.05, 0) is 51.2 Å². The highest BCUT2D eigenvalue weighted by Crippen LogP contribution is 2.40. The fourth-order valence-electron chi connectivity index (χ4n) is 3.49. The molecular weight excluding hydrogens is 363 g/mol. The Kier molecular flexibility index (Phi) is 5.18. The van der Waals surface area contributed by atoms with Crippen molar-refractivity contribution in [1.29, 1.82) is 0 Å². The molecule has 2 heterocycles. The number of piperidine rings is 1. The zero-order valence-corrected chi connectivity index (χ0v) is 15.3. The molecule has 148 valence electrons. The van der Waals surface area contributed by atoms with E-state index in [1.54, 1.807) is 23.9 Å². The largest absolute Gasteiger partial charge is 0.437 e. The SMILES string of the molecule is CN(C)CC(=O)N1CCC2(CC1)CN(c1ccc(F)cc1)C(=O)C(F)(F)O2. The van der Waals surface area contributed by atoms with E-state index in [4.69, 9.17) is 4.74 Å². The second kappa shape index (κ2) is 7.12. The smallest absolute Gasteiger partial charge is 0.341 e. The fraction of sp³-hybridized carbons (Fsp3) is 0.556. The molecule has 2 aliphatic heterocycles. The van der Waals surface area contributed by atoms with Crippen LogP contribution in [0.15, 0.2) is 24.3 Å². The van der Waals surface area contributed by atoms with Crippen LogP contribution in [0.25, 0.3) is 0 Å². The lowest BCUT2D eigenvalue weighted by Crippen LogP contribution is -2.65. The summed E-state index contributed by atoms with van der Waals surface area (Å²) in [5.74, 6) is -2.07. The second-order valence-electron chi connectivity index (χ2n) is 7.29. The number of likely N-dealkylation sites (N-methyl/N-ethyl adjacent to an activating group) is 1. The number of amides is 2. The van der Waals surface area contributed by atoms with Gasteiger partial charge in [-0.3, -0.25) is 9.59 Å². The van der Waals surface area contributed by atoms with Crippen molar-refractivity contribution in [3.63, 3.8) is 0 Å². The molecule has 2 fully saturated rings. The maximum atomic E-state index is 14.3. The van der Waals surface area contributed by atoms with Crippen molar-refractivity contribution in [2.75, 3.05) is 45.2 Å². The first-order valence-corrected chi connectivity index (χ1v) is 8.70. The molecule has 3 rings (SSSR count). The molecule has 1 spiro atoms. The summed E-state index contributed by atoms with van der Waals surface area (Å²) in [6.45, 7) is 0.718. The number of carbonyl (C=O) groups excluding carboxylic acids is 2. The summed E-state index contributed by atoms with van der Waals surface area (Å²) in [6, 6.07) is 4.81. The average Bonchev–Trinajstić information content (AvgIpc) is 2.59. The summed E-state index contributed by atoms with van der Waals surface area (Å²) >= 11 is 0. The number of anilines is 1. The number of likely N-dealkylation sites (tertiary alicyclic amines) is 1. The molecule has 9 heteroatoms. The van der Waals surface area contributed by atoms with Crippen LogP contribution in [0.4, 0.5) is 18.9 Å². The van der Waals surface area contributed by atoms with Crippen LogP contribution >= 0.6 is 0 Å². The number of hydrogen-bond donors (Lipinski definition) is 0. The minimum absolute atomic E-state index is 0.0667. The van der Waals surface area contributed by atoms with Crippen molar-refractivity contribution in [2.45, 2.75) is 24.6 Å². The van der Waals surface area contributed by atoms with E-state index in [0.29, 0.717) is 0 Å². The zero-order valence-electron chi connectivity index (χ0n) is 15.3. The average molecular weight is 385 g/mol. The molecule has 1 aromatic carbocycles.